The minimum absolute atomic E-state index is 0.181. The van der Waals surface area contributed by atoms with Crippen LogP contribution in [0.15, 0.2) is 30.7 Å². The Hall–Kier alpha value is -3.38. The maximum Gasteiger partial charge on any atom is 0.417 e. The number of hydrogen-bond acceptors (Lipinski definition) is 6. The molecule has 0 aromatic carbocycles. The number of nitrogens with zero attached hydrogens (tertiary/aromatic N) is 7. The molecule has 174 valence electrons. The minimum atomic E-state index is -4.50. The quantitative estimate of drug-likeness (QED) is 0.549. The molecular weight excluding hydrogens is 449 g/mol. The molecule has 5 rings (SSSR count). The summed E-state index contributed by atoms with van der Waals surface area (Å²) in [5.74, 6) is 0.434. The van der Waals surface area contributed by atoms with Gasteiger partial charge in [0.15, 0.2) is 5.65 Å². The molecule has 3 aromatic heterocycles. The predicted molar refractivity (Wildman–Crippen MR) is 107 cm³/mol. The Labute approximate surface area is 184 Å². The zero-order valence-electron chi connectivity index (χ0n) is 17.1. The van der Waals surface area contributed by atoms with Gasteiger partial charge in [-0.05, 0) is 25.0 Å². The molecule has 13 heteroatoms. The molecule has 8 nitrogen and oxygen atoms in total. The molecule has 0 N–H and O–H groups in total. The largest absolute Gasteiger partial charge is 0.417 e. The van der Waals surface area contributed by atoms with Crippen LogP contribution in [0.5, 0.6) is 0 Å². The monoisotopic (exact) mass is 467 g/mol. The molecular formula is C20H18F5N7O. The predicted octanol–water partition coefficient (Wildman–Crippen LogP) is 3.14. The average Bonchev–Trinajstić information content (AvgIpc) is 3.46. The highest BCUT2D eigenvalue weighted by Crippen LogP contribution is 2.43. The normalized spacial score (nSPS) is 21.3. The lowest BCUT2D eigenvalue weighted by atomic mass is 9.85. The van der Waals surface area contributed by atoms with Crippen LogP contribution in [-0.4, -0.2) is 56.7 Å². The SMILES string of the molecule is O=C1N(c2ccc(C(F)(F)F)cn2)CCC12CCN(c1cnc3cnn(CC(F)F)c3n1)C2. The summed E-state index contributed by atoms with van der Waals surface area (Å²) in [6, 6.07) is 2.12. The summed E-state index contributed by atoms with van der Waals surface area (Å²) in [6.07, 6.45) is -2.43. The van der Waals surface area contributed by atoms with E-state index in [4.69, 9.17) is 0 Å². The van der Waals surface area contributed by atoms with E-state index in [0.29, 0.717) is 43.8 Å². The molecule has 1 spiro atoms. The van der Waals surface area contributed by atoms with Crippen molar-refractivity contribution in [3.63, 3.8) is 0 Å². The van der Waals surface area contributed by atoms with Crippen molar-refractivity contribution in [2.45, 2.75) is 32.0 Å². The van der Waals surface area contributed by atoms with Crippen LogP contribution in [0.1, 0.15) is 18.4 Å². The number of amides is 1. The minimum Gasteiger partial charge on any atom is -0.354 e. The fourth-order valence-corrected chi connectivity index (χ4v) is 4.46. The lowest BCUT2D eigenvalue weighted by molar-refractivity contribution is -0.137. The van der Waals surface area contributed by atoms with Crippen LogP contribution in [0.25, 0.3) is 11.2 Å². The number of aromatic nitrogens is 5. The van der Waals surface area contributed by atoms with Crippen molar-refractivity contribution >= 4 is 28.7 Å². The number of halogens is 5. The maximum atomic E-state index is 13.2. The summed E-state index contributed by atoms with van der Waals surface area (Å²) in [5, 5.41) is 3.91. The van der Waals surface area contributed by atoms with Crippen molar-refractivity contribution < 1.29 is 26.7 Å². The van der Waals surface area contributed by atoms with Gasteiger partial charge in [0, 0.05) is 25.8 Å². The molecule has 1 unspecified atom stereocenters. The van der Waals surface area contributed by atoms with E-state index >= 15 is 0 Å². The molecule has 3 aromatic rings. The van der Waals surface area contributed by atoms with Crippen LogP contribution in [0.3, 0.4) is 0 Å². The van der Waals surface area contributed by atoms with Crippen molar-refractivity contribution in [1.29, 1.82) is 0 Å². The van der Waals surface area contributed by atoms with Gasteiger partial charge in [-0.25, -0.2) is 28.4 Å². The van der Waals surface area contributed by atoms with Crippen molar-refractivity contribution in [1.82, 2.24) is 24.7 Å². The summed E-state index contributed by atoms with van der Waals surface area (Å²) < 4.78 is 65.1. The topological polar surface area (TPSA) is 80.0 Å². The van der Waals surface area contributed by atoms with Gasteiger partial charge in [0.25, 0.3) is 6.43 Å². The van der Waals surface area contributed by atoms with Crippen LogP contribution >= 0.6 is 0 Å². The van der Waals surface area contributed by atoms with Gasteiger partial charge in [-0.15, -0.1) is 0 Å². The van der Waals surface area contributed by atoms with E-state index in [9.17, 15) is 26.7 Å². The van der Waals surface area contributed by atoms with Gasteiger partial charge in [-0.2, -0.15) is 18.3 Å². The van der Waals surface area contributed by atoms with Crippen molar-refractivity contribution in [3.05, 3.63) is 36.3 Å². The van der Waals surface area contributed by atoms with E-state index in [1.54, 1.807) is 0 Å². The highest BCUT2D eigenvalue weighted by Gasteiger charge is 2.51. The van der Waals surface area contributed by atoms with Gasteiger partial charge in [0.2, 0.25) is 5.91 Å². The van der Waals surface area contributed by atoms with Crippen LogP contribution in [0.4, 0.5) is 33.6 Å². The Balaban J connectivity index is 1.35. The molecule has 1 atom stereocenters. The second-order valence-corrected chi connectivity index (χ2v) is 8.22. The van der Waals surface area contributed by atoms with Crippen LogP contribution in [-0.2, 0) is 17.5 Å². The Morgan fingerprint density at radius 2 is 1.82 bits per heavy atom. The Kier molecular flexibility index (Phi) is 4.94. The Morgan fingerprint density at radius 1 is 1.03 bits per heavy atom. The van der Waals surface area contributed by atoms with Gasteiger partial charge in [-0.1, -0.05) is 0 Å². The number of rotatable bonds is 4. The van der Waals surface area contributed by atoms with Crippen LogP contribution in [0, 0.1) is 5.41 Å². The molecule has 2 fully saturated rings. The Morgan fingerprint density at radius 3 is 2.52 bits per heavy atom. The third kappa shape index (κ3) is 3.74. The summed E-state index contributed by atoms with van der Waals surface area (Å²) in [4.78, 5) is 29.1. The van der Waals surface area contributed by atoms with Gasteiger partial charge in [0.05, 0.1) is 23.4 Å². The fourth-order valence-electron chi connectivity index (χ4n) is 4.46. The number of hydrogen-bond donors (Lipinski definition) is 0. The second-order valence-electron chi connectivity index (χ2n) is 8.22. The van der Waals surface area contributed by atoms with E-state index < -0.39 is 30.1 Å². The van der Waals surface area contributed by atoms with Crippen LogP contribution in [0.2, 0.25) is 0 Å². The highest BCUT2D eigenvalue weighted by molar-refractivity contribution is 6.00. The molecule has 0 saturated carbocycles. The summed E-state index contributed by atoms with van der Waals surface area (Å²) in [6.45, 7) is 0.589. The first-order valence-corrected chi connectivity index (χ1v) is 10.2. The summed E-state index contributed by atoms with van der Waals surface area (Å²) >= 11 is 0. The zero-order valence-corrected chi connectivity index (χ0v) is 17.1. The van der Waals surface area contributed by atoms with E-state index in [-0.39, 0.29) is 17.4 Å². The molecule has 1 amide bonds. The smallest absolute Gasteiger partial charge is 0.354 e. The van der Waals surface area contributed by atoms with E-state index in [1.807, 2.05) is 4.90 Å². The van der Waals surface area contributed by atoms with Crippen molar-refractivity contribution in [3.8, 4) is 0 Å². The molecule has 5 heterocycles. The van der Waals surface area contributed by atoms with E-state index in [2.05, 4.69) is 20.1 Å². The lowest BCUT2D eigenvalue weighted by Crippen LogP contribution is -2.37. The number of carbonyl (C=O) groups excluding carboxylic acids is 1. The molecule has 0 aliphatic carbocycles. The fraction of sp³-hybridized carbons (Fsp3) is 0.450. The molecule has 0 radical (unpaired) electrons. The van der Waals surface area contributed by atoms with Gasteiger partial charge in [-0.3, -0.25) is 9.69 Å². The van der Waals surface area contributed by atoms with Crippen LogP contribution < -0.4 is 9.80 Å². The first-order chi connectivity index (χ1) is 15.7. The zero-order chi connectivity index (χ0) is 23.4. The van der Waals surface area contributed by atoms with Crippen molar-refractivity contribution in [2.24, 2.45) is 5.41 Å². The standard InChI is InChI=1S/C20H18F5N7O/c21-14(22)10-32-17-13(8-28-32)26-9-16(29-17)30-5-3-19(11-30)4-6-31(18(19)33)15-2-1-12(7-27-15)20(23,24)25/h1-2,7-9,14H,3-6,10-11H2. The van der Waals surface area contributed by atoms with Crippen molar-refractivity contribution in [2.75, 3.05) is 29.4 Å². The van der Waals surface area contributed by atoms with Gasteiger partial charge in [0.1, 0.15) is 23.7 Å². The molecule has 33 heavy (non-hydrogen) atoms. The van der Waals surface area contributed by atoms with E-state index in [0.717, 1.165) is 16.9 Å². The van der Waals surface area contributed by atoms with Gasteiger partial charge < -0.3 is 4.90 Å². The number of pyridine rings is 1. The third-order valence-corrected chi connectivity index (χ3v) is 6.19. The van der Waals surface area contributed by atoms with E-state index in [1.165, 1.54) is 23.4 Å². The highest BCUT2D eigenvalue weighted by atomic mass is 19.4. The molecule has 2 aliphatic rings. The number of alkyl halides is 5. The number of fused-ring (bicyclic) bond motifs is 1. The third-order valence-electron chi connectivity index (χ3n) is 6.19. The molecule has 0 bridgehead atoms. The Bertz CT molecular complexity index is 1200. The van der Waals surface area contributed by atoms with Gasteiger partial charge >= 0.3 is 6.18 Å². The average molecular weight is 467 g/mol. The summed E-state index contributed by atoms with van der Waals surface area (Å²) in [7, 11) is 0. The maximum absolute atomic E-state index is 13.2. The molecule has 2 aliphatic heterocycles. The summed E-state index contributed by atoms with van der Waals surface area (Å²) in [5.41, 5.74) is -0.962. The second kappa shape index (κ2) is 7.59. The first-order valence-electron chi connectivity index (χ1n) is 10.2. The first kappa shape index (κ1) is 21.5. The lowest BCUT2D eigenvalue weighted by Gasteiger charge is -2.23. The molecule has 2 saturated heterocycles. The number of carbonyl (C=O) groups is 1. The number of anilines is 2.